The third-order valence-corrected chi connectivity index (χ3v) is 3.64. The number of amides is 2. The number of ether oxygens (including phenoxy) is 1. The van der Waals surface area contributed by atoms with Crippen LogP contribution in [0.1, 0.15) is 23.7 Å². The molecule has 4 N–H and O–H groups in total. The Labute approximate surface area is 129 Å². The SMILES string of the molecule is CCCNC(=O)CNC(=O)c1cc(S(N)(=O)=O)ccc1OC. The second-order valence-corrected chi connectivity index (χ2v) is 6.00. The van der Waals surface area contributed by atoms with Crippen molar-refractivity contribution in [1.82, 2.24) is 10.6 Å². The topological polar surface area (TPSA) is 128 Å². The second-order valence-electron chi connectivity index (χ2n) is 4.44. The van der Waals surface area contributed by atoms with E-state index >= 15 is 0 Å². The zero-order valence-electron chi connectivity index (χ0n) is 12.4. The first-order valence-corrected chi connectivity index (χ1v) is 8.10. The lowest BCUT2D eigenvalue weighted by molar-refractivity contribution is -0.120. The van der Waals surface area contributed by atoms with E-state index in [0.29, 0.717) is 6.54 Å². The predicted molar refractivity (Wildman–Crippen MR) is 80.0 cm³/mol. The maximum Gasteiger partial charge on any atom is 0.255 e. The Morgan fingerprint density at radius 2 is 1.95 bits per heavy atom. The maximum absolute atomic E-state index is 12.1. The quantitative estimate of drug-likeness (QED) is 0.627. The number of primary sulfonamides is 1. The van der Waals surface area contributed by atoms with Crippen LogP contribution in [0.25, 0.3) is 0 Å². The monoisotopic (exact) mass is 329 g/mol. The number of nitrogens with two attached hydrogens (primary N) is 1. The van der Waals surface area contributed by atoms with Gasteiger partial charge in [0.15, 0.2) is 0 Å². The number of sulfonamides is 1. The van der Waals surface area contributed by atoms with Gasteiger partial charge in [-0.25, -0.2) is 13.6 Å². The second kappa shape index (κ2) is 7.76. The van der Waals surface area contributed by atoms with Gasteiger partial charge in [-0.15, -0.1) is 0 Å². The van der Waals surface area contributed by atoms with Crippen LogP contribution in [0.4, 0.5) is 0 Å². The summed E-state index contributed by atoms with van der Waals surface area (Å²) in [5.74, 6) is -0.787. The van der Waals surface area contributed by atoms with Crippen LogP contribution >= 0.6 is 0 Å². The highest BCUT2D eigenvalue weighted by Crippen LogP contribution is 2.21. The Bertz CT molecular complexity index is 658. The molecule has 0 spiro atoms. The minimum atomic E-state index is -3.94. The van der Waals surface area contributed by atoms with Gasteiger partial charge in [-0.2, -0.15) is 0 Å². The van der Waals surface area contributed by atoms with Crippen molar-refractivity contribution < 1.29 is 22.7 Å². The molecule has 0 fully saturated rings. The lowest BCUT2D eigenvalue weighted by Crippen LogP contribution is -2.37. The standard InChI is InChI=1S/C13H19N3O5S/c1-3-6-15-12(17)8-16-13(18)10-7-9(22(14,19)20)4-5-11(10)21-2/h4-5,7H,3,6,8H2,1-2H3,(H,15,17)(H,16,18)(H2,14,19,20). The highest BCUT2D eigenvalue weighted by atomic mass is 32.2. The number of hydrogen-bond donors (Lipinski definition) is 3. The Morgan fingerprint density at radius 1 is 1.27 bits per heavy atom. The van der Waals surface area contributed by atoms with Crippen LogP contribution in [0.3, 0.4) is 0 Å². The Morgan fingerprint density at radius 3 is 2.50 bits per heavy atom. The molecular formula is C13H19N3O5S. The molecule has 1 aromatic rings. The van der Waals surface area contributed by atoms with Gasteiger partial charge in [0.25, 0.3) is 5.91 Å². The van der Waals surface area contributed by atoms with E-state index in [9.17, 15) is 18.0 Å². The predicted octanol–water partition coefficient (Wildman–Crippen LogP) is -0.401. The molecule has 122 valence electrons. The molecule has 0 saturated carbocycles. The van der Waals surface area contributed by atoms with Crippen molar-refractivity contribution in [2.45, 2.75) is 18.2 Å². The van der Waals surface area contributed by atoms with Gasteiger partial charge in [-0.05, 0) is 24.6 Å². The molecule has 0 bridgehead atoms. The van der Waals surface area contributed by atoms with Crippen LogP contribution < -0.4 is 20.5 Å². The summed E-state index contributed by atoms with van der Waals surface area (Å²) < 4.78 is 27.7. The molecule has 0 radical (unpaired) electrons. The smallest absolute Gasteiger partial charge is 0.255 e. The van der Waals surface area contributed by atoms with E-state index in [1.54, 1.807) is 0 Å². The minimum Gasteiger partial charge on any atom is -0.496 e. The fourth-order valence-corrected chi connectivity index (χ4v) is 2.16. The molecule has 1 aromatic carbocycles. The summed E-state index contributed by atoms with van der Waals surface area (Å²) in [7, 11) is -2.60. The molecule has 0 aliphatic carbocycles. The van der Waals surface area contributed by atoms with Gasteiger partial charge in [0.1, 0.15) is 5.75 Å². The summed E-state index contributed by atoms with van der Waals surface area (Å²) in [4.78, 5) is 23.3. The number of benzene rings is 1. The molecule has 0 aliphatic heterocycles. The number of hydrogen-bond acceptors (Lipinski definition) is 5. The molecular weight excluding hydrogens is 310 g/mol. The highest BCUT2D eigenvalue weighted by molar-refractivity contribution is 7.89. The number of rotatable bonds is 7. The van der Waals surface area contributed by atoms with Crippen molar-refractivity contribution in [3.8, 4) is 5.75 Å². The summed E-state index contributed by atoms with van der Waals surface area (Å²) in [6, 6.07) is 3.66. The van der Waals surface area contributed by atoms with Gasteiger partial charge < -0.3 is 15.4 Å². The van der Waals surface area contributed by atoms with Crippen molar-refractivity contribution in [2.24, 2.45) is 5.14 Å². The van der Waals surface area contributed by atoms with E-state index in [1.165, 1.54) is 19.2 Å². The van der Waals surface area contributed by atoms with Gasteiger partial charge in [0.05, 0.1) is 24.1 Å². The zero-order valence-corrected chi connectivity index (χ0v) is 13.2. The third-order valence-electron chi connectivity index (χ3n) is 2.73. The largest absolute Gasteiger partial charge is 0.496 e. The Balaban J connectivity index is 2.89. The average molecular weight is 329 g/mol. The Hall–Kier alpha value is -2.13. The molecule has 1 rings (SSSR count). The highest BCUT2D eigenvalue weighted by Gasteiger charge is 2.17. The average Bonchev–Trinajstić information content (AvgIpc) is 2.48. The van der Waals surface area contributed by atoms with E-state index in [4.69, 9.17) is 9.88 Å². The van der Waals surface area contributed by atoms with E-state index in [2.05, 4.69) is 10.6 Å². The normalized spacial score (nSPS) is 10.9. The summed E-state index contributed by atoms with van der Waals surface area (Å²) >= 11 is 0. The van der Waals surface area contributed by atoms with E-state index in [0.717, 1.165) is 12.5 Å². The van der Waals surface area contributed by atoms with Crippen LogP contribution in [0.15, 0.2) is 23.1 Å². The van der Waals surface area contributed by atoms with Crippen molar-refractivity contribution in [1.29, 1.82) is 0 Å². The number of carbonyl (C=O) groups is 2. The van der Waals surface area contributed by atoms with Crippen molar-refractivity contribution in [3.63, 3.8) is 0 Å². The van der Waals surface area contributed by atoms with E-state index in [-0.39, 0.29) is 28.7 Å². The number of carbonyl (C=O) groups excluding carboxylic acids is 2. The molecule has 0 atom stereocenters. The molecule has 0 saturated heterocycles. The van der Waals surface area contributed by atoms with Crippen molar-refractivity contribution in [2.75, 3.05) is 20.2 Å². The van der Waals surface area contributed by atoms with Gasteiger partial charge in [0.2, 0.25) is 15.9 Å². The van der Waals surface area contributed by atoms with Crippen molar-refractivity contribution >= 4 is 21.8 Å². The first-order chi connectivity index (χ1) is 10.3. The lowest BCUT2D eigenvalue weighted by Gasteiger charge is -2.10. The van der Waals surface area contributed by atoms with Gasteiger partial charge in [-0.3, -0.25) is 9.59 Å². The van der Waals surface area contributed by atoms with Crippen LogP contribution in [0.2, 0.25) is 0 Å². The summed E-state index contributed by atoms with van der Waals surface area (Å²) in [6.45, 7) is 2.20. The molecule has 0 aromatic heterocycles. The summed E-state index contributed by atoms with van der Waals surface area (Å²) in [5.41, 5.74) is -0.0164. The summed E-state index contributed by atoms with van der Waals surface area (Å²) in [6.07, 6.45) is 0.782. The summed E-state index contributed by atoms with van der Waals surface area (Å²) in [5, 5.41) is 10.0. The molecule has 0 aliphatic rings. The first kappa shape index (κ1) is 17.9. The number of methoxy groups -OCH3 is 1. The van der Waals surface area contributed by atoms with Gasteiger partial charge in [0, 0.05) is 6.54 Å². The fourth-order valence-electron chi connectivity index (χ4n) is 1.62. The number of nitrogens with one attached hydrogen (secondary N) is 2. The Kier molecular flexibility index (Phi) is 6.32. The third kappa shape index (κ3) is 5.01. The molecule has 0 unspecified atom stereocenters. The van der Waals surface area contributed by atoms with E-state index in [1.807, 2.05) is 6.92 Å². The van der Waals surface area contributed by atoms with E-state index < -0.39 is 15.9 Å². The maximum atomic E-state index is 12.1. The molecule has 22 heavy (non-hydrogen) atoms. The molecule has 2 amide bonds. The van der Waals surface area contributed by atoms with Crippen LogP contribution in [-0.4, -0.2) is 40.4 Å². The van der Waals surface area contributed by atoms with Crippen LogP contribution in [-0.2, 0) is 14.8 Å². The zero-order chi connectivity index (χ0) is 16.8. The molecule has 8 nitrogen and oxygen atoms in total. The minimum absolute atomic E-state index is 0.0164. The lowest BCUT2D eigenvalue weighted by atomic mass is 10.2. The molecule has 9 heteroatoms. The first-order valence-electron chi connectivity index (χ1n) is 6.55. The van der Waals surface area contributed by atoms with Crippen LogP contribution in [0.5, 0.6) is 5.75 Å². The van der Waals surface area contributed by atoms with Gasteiger partial charge in [-0.1, -0.05) is 6.92 Å². The molecule has 0 heterocycles. The van der Waals surface area contributed by atoms with Gasteiger partial charge >= 0.3 is 0 Å². The fraction of sp³-hybridized carbons (Fsp3) is 0.385. The van der Waals surface area contributed by atoms with Crippen molar-refractivity contribution in [3.05, 3.63) is 23.8 Å². The van der Waals surface area contributed by atoms with Crippen LogP contribution in [0, 0.1) is 0 Å².